The smallest absolute Gasteiger partial charge is 0.308 e. The number of hydrogen-bond acceptors (Lipinski definition) is 8. The maximum Gasteiger partial charge on any atom is 0.308 e. The Hall–Kier alpha value is -4.93. The summed E-state index contributed by atoms with van der Waals surface area (Å²) in [5.74, 6) is -2.06. The molecule has 0 spiro atoms. The van der Waals surface area contributed by atoms with Gasteiger partial charge in [0.05, 0.1) is 30.2 Å². The van der Waals surface area contributed by atoms with Gasteiger partial charge in [0.15, 0.2) is 23.3 Å². The normalized spacial score (nSPS) is 13.1. The Kier molecular flexibility index (Phi) is 5.96. The van der Waals surface area contributed by atoms with Gasteiger partial charge in [0, 0.05) is 30.3 Å². The molecular formula is C26H21N5O6. The van der Waals surface area contributed by atoms with Crippen LogP contribution in [0, 0.1) is 0 Å². The predicted octanol–water partition coefficient (Wildman–Crippen LogP) is 1.87. The molecule has 0 saturated carbocycles. The number of benzene rings is 2. The molecule has 0 unspecified atom stereocenters. The second kappa shape index (κ2) is 9.26. The quantitative estimate of drug-likeness (QED) is 0.349. The van der Waals surface area contributed by atoms with Crippen molar-refractivity contribution in [3.63, 3.8) is 0 Å². The first-order valence-electron chi connectivity index (χ1n) is 11.4. The molecule has 0 fully saturated rings. The van der Waals surface area contributed by atoms with Gasteiger partial charge in [0.1, 0.15) is 5.39 Å². The lowest BCUT2D eigenvalue weighted by Crippen LogP contribution is -2.32. The van der Waals surface area contributed by atoms with Crippen molar-refractivity contribution in [2.24, 2.45) is 7.05 Å². The summed E-state index contributed by atoms with van der Waals surface area (Å²) in [6.07, 6.45) is 1.37. The zero-order chi connectivity index (χ0) is 26.3. The molecule has 1 amide bonds. The van der Waals surface area contributed by atoms with E-state index in [9.17, 15) is 24.0 Å². The van der Waals surface area contributed by atoms with E-state index in [4.69, 9.17) is 4.74 Å². The van der Waals surface area contributed by atoms with Gasteiger partial charge in [-0.25, -0.2) is 4.98 Å². The number of fused-ring (bicyclic) bond motifs is 3. The Morgan fingerprint density at radius 3 is 2.46 bits per heavy atom. The molecule has 186 valence electrons. The molecule has 11 nitrogen and oxygen atoms in total. The van der Waals surface area contributed by atoms with E-state index in [-0.39, 0.29) is 52.5 Å². The number of nitrogens with one attached hydrogen (secondary N) is 1. The average Bonchev–Trinajstić information content (AvgIpc) is 3.28. The summed E-state index contributed by atoms with van der Waals surface area (Å²) in [4.78, 5) is 67.9. The zero-order valence-corrected chi connectivity index (χ0v) is 19.9. The molecule has 2 aromatic carbocycles. The highest BCUT2D eigenvalue weighted by Gasteiger charge is 2.32. The summed E-state index contributed by atoms with van der Waals surface area (Å²) < 4.78 is 7.98. The Labute approximate surface area is 209 Å². The summed E-state index contributed by atoms with van der Waals surface area (Å²) in [7, 11) is 1.67. The number of esters is 1. The number of aryl methyl sites for hydroxylation is 2. The van der Waals surface area contributed by atoms with Gasteiger partial charge in [-0.1, -0.05) is 36.4 Å². The summed E-state index contributed by atoms with van der Waals surface area (Å²) >= 11 is 0. The van der Waals surface area contributed by atoms with Crippen LogP contribution in [0.5, 0.6) is 0 Å². The van der Waals surface area contributed by atoms with Crippen LogP contribution in [-0.2, 0) is 27.9 Å². The van der Waals surface area contributed by atoms with Crippen molar-refractivity contribution >= 4 is 40.2 Å². The molecule has 1 N–H and O–H groups in total. The van der Waals surface area contributed by atoms with Gasteiger partial charge < -0.3 is 10.1 Å². The Balaban J connectivity index is 1.25. The SMILES string of the molecule is C[C@H](OC(=O)CCn1cnc2c(cnn2C)c1=O)C(=O)Nc1cccc2c1C(=O)c1ccccc1C2=O. The van der Waals surface area contributed by atoms with Gasteiger partial charge in [0.2, 0.25) is 0 Å². The molecule has 0 radical (unpaired) electrons. The summed E-state index contributed by atoms with van der Waals surface area (Å²) in [6.45, 7) is 1.40. The highest BCUT2D eigenvalue weighted by Crippen LogP contribution is 2.32. The minimum atomic E-state index is -1.19. The standard InChI is InChI=1S/C26H21N5O6/c1-14(37-20(32)10-11-31-13-27-24-18(26(31)36)12-28-30(24)2)25(35)29-19-9-5-8-17-21(19)23(34)16-7-4-3-6-15(16)22(17)33/h3-9,12-14H,10-11H2,1-2H3,(H,29,35)/t14-/m0/s1. The van der Waals surface area contributed by atoms with E-state index in [0.717, 1.165) is 0 Å². The molecule has 2 aromatic heterocycles. The van der Waals surface area contributed by atoms with Crippen LogP contribution in [0.25, 0.3) is 11.0 Å². The van der Waals surface area contributed by atoms with Gasteiger partial charge >= 0.3 is 5.97 Å². The number of carbonyl (C=O) groups excluding carboxylic acids is 4. The fraction of sp³-hybridized carbons (Fsp3) is 0.192. The Bertz CT molecular complexity index is 1670. The largest absolute Gasteiger partial charge is 0.452 e. The van der Waals surface area contributed by atoms with E-state index in [1.807, 2.05) is 0 Å². The maximum absolute atomic E-state index is 13.1. The van der Waals surface area contributed by atoms with Gasteiger partial charge in [-0.2, -0.15) is 5.10 Å². The molecule has 2 heterocycles. The zero-order valence-electron chi connectivity index (χ0n) is 19.9. The summed E-state index contributed by atoms with van der Waals surface area (Å²) in [5.41, 5.74) is 1.09. The number of nitrogens with zero attached hydrogens (tertiary/aromatic N) is 4. The third kappa shape index (κ3) is 4.20. The molecule has 4 aromatic rings. The first kappa shape index (κ1) is 23.8. The van der Waals surface area contributed by atoms with E-state index in [1.165, 1.54) is 40.8 Å². The minimum Gasteiger partial charge on any atom is -0.452 e. The van der Waals surface area contributed by atoms with Gasteiger partial charge in [-0.15, -0.1) is 0 Å². The fourth-order valence-electron chi connectivity index (χ4n) is 4.23. The second-order valence-corrected chi connectivity index (χ2v) is 8.55. The van der Waals surface area contributed by atoms with Gasteiger partial charge in [0.25, 0.3) is 11.5 Å². The van der Waals surface area contributed by atoms with Crippen molar-refractivity contribution in [2.75, 3.05) is 5.32 Å². The number of anilines is 1. The van der Waals surface area contributed by atoms with Crippen molar-refractivity contribution in [3.8, 4) is 0 Å². The highest BCUT2D eigenvalue weighted by molar-refractivity contribution is 6.30. The van der Waals surface area contributed by atoms with Crippen molar-refractivity contribution in [3.05, 3.63) is 87.6 Å². The van der Waals surface area contributed by atoms with Crippen LogP contribution in [0.1, 0.15) is 45.2 Å². The van der Waals surface area contributed by atoms with Crippen LogP contribution in [-0.4, -0.2) is 48.9 Å². The predicted molar refractivity (Wildman–Crippen MR) is 131 cm³/mol. The molecule has 37 heavy (non-hydrogen) atoms. The third-order valence-corrected chi connectivity index (χ3v) is 6.16. The lowest BCUT2D eigenvalue weighted by Gasteiger charge is -2.21. The summed E-state index contributed by atoms with van der Waals surface area (Å²) in [6, 6.07) is 11.1. The molecule has 11 heteroatoms. The van der Waals surface area contributed by atoms with Crippen LogP contribution in [0.3, 0.4) is 0 Å². The van der Waals surface area contributed by atoms with Crippen LogP contribution < -0.4 is 10.9 Å². The van der Waals surface area contributed by atoms with Crippen molar-refractivity contribution in [1.82, 2.24) is 19.3 Å². The molecule has 0 saturated heterocycles. The van der Waals surface area contributed by atoms with Crippen LogP contribution in [0.4, 0.5) is 5.69 Å². The first-order valence-corrected chi connectivity index (χ1v) is 11.4. The number of aromatic nitrogens is 4. The second-order valence-electron chi connectivity index (χ2n) is 8.55. The van der Waals surface area contributed by atoms with E-state index < -0.39 is 18.0 Å². The van der Waals surface area contributed by atoms with Gasteiger partial charge in [-0.05, 0) is 13.0 Å². The third-order valence-electron chi connectivity index (χ3n) is 6.16. The van der Waals surface area contributed by atoms with Gasteiger partial charge in [-0.3, -0.25) is 33.2 Å². The minimum absolute atomic E-state index is 0.00601. The molecule has 0 bridgehead atoms. The summed E-state index contributed by atoms with van der Waals surface area (Å²) in [5, 5.41) is 6.92. The van der Waals surface area contributed by atoms with Crippen LogP contribution in [0.15, 0.2) is 59.8 Å². The van der Waals surface area contributed by atoms with E-state index in [0.29, 0.717) is 16.6 Å². The Morgan fingerprint density at radius 1 is 1.00 bits per heavy atom. The number of ether oxygens (including phenoxy) is 1. The van der Waals surface area contributed by atoms with Crippen LogP contribution >= 0.6 is 0 Å². The number of amides is 1. The Morgan fingerprint density at radius 2 is 1.70 bits per heavy atom. The average molecular weight is 499 g/mol. The molecular weight excluding hydrogens is 478 g/mol. The van der Waals surface area contributed by atoms with Crippen molar-refractivity contribution in [1.29, 1.82) is 0 Å². The number of hydrogen-bond donors (Lipinski definition) is 1. The molecule has 1 aliphatic carbocycles. The number of rotatable bonds is 6. The lowest BCUT2D eigenvalue weighted by molar-refractivity contribution is -0.153. The van der Waals surface area contributed by atoms with E-state index in [1.54, 1.807) is 37.4 Å². The fourth-order valence-corrected chi connectivity index (χ4v) is 4.23. The highest BCUT2D eigenvalue weighted by atomic mass is 16.5. The van der Waals surface area contributed by atoms with Crippen molar-refractivity contribution < 1.29 is 23.9 Å². The number of carbonyl (C=O) groups is 4. The van der Waals surface area contributed by atoms with E-state index >= 15 is 0 Å². The first-order chi connectivity index (χ1) is 17.8. The lowest BCUT2D eigenvalue weighted by atomic mass is 9.83. The van der Waals surface area contributed by atoms with E-state index in [2.05, 4.69) is 15.4 Å². The van der Waals surface area contributed by atoms with Crippen LogP contribution in [0.2, 0.25) is 0 Å². The molecule has 0 aliphatic heterocycles. The van der Waals surface area contributed by atoms with Crippen molar-refractivity contribution in [2.45, 2.75) is 26.0 Å². The maximum atomic E-state index is 13.1. The number of ketones is 2. The molecule has 5 rings (SSSR count). The molecule has 1 atom stereocenters. The monoisotopic (exact) mass is 499 g/mol. The molecule has 1 aliphatic rings. The topological polar surface area (TPSA) is 142 Å².